The number of hydrogen-bond donors (Lipinski definition) is 2. The molecule has 0 spiro atoms. The number of carbonyl (C=O) groups excluding carboxylic acids is 1. The molecule has 1 fully saturated rings. The van der Waals surface area contributed by atoms with Crippen molar-refractivity contribution in [3.05, 3.63) is 0 Å². The second-order valence-electron chi connectivity index (χ2n) is 6.24. The number of halogens is 3. The largest absolute Gasteiger partial charge is 0.405 e. The van der Waals surface area contributed by atoms with Crippen molar-refractivity contribution in [2.24, 2.45) is 5.92 Å². The Kier molecular flexibility index (Phi) is 7.08. The first-order valence-electron chi connectivity index (χ1n) is 7.60. The Hall–Kier alpha value is -0.860. The molecule has 1 heterocycles. The summed E-state index contributed by atoms with van der Waals surface area (Å²) in [4.78, 5) is 15.3. The minimum absolute atomic E-state index is 0.0264. The molecular weight excluding hydrogens is 297 g/mol. The fourth-order valence-electron chi connectivity index (χ4n) is 2.88. The predicted octanol–water partition coefficient (Wildman–Crippen LogP) is 0.525. The fourth-order valence-corrected chi connectivity index (χ4v) is 2.88. The summed E-state index contributed by atoms with van der Waals surface area (Å²) in [7, 11) is 3.50. The molecule has 0 saturated carbocycles. The van der Waals surface area contributed by atoms with Crippen LogP contribution in [0.2, 0.25) is 0 Å². The minimum atomic E-state index is -4.35. The van der Waals surface area contributed by atoms with E-state index in [4.69, 9.17) is 0 Å². The highest BCUT2D eigenvalue weighted by atomic mass is 19.4. The number of nitrogens with one attached hydrogen (secondary N) is 2. The lowest BCUT2D eigenvalue weighted by molar-refractivity contribution is -0.184. The summed E-state index contributed by atoms with van der Waals surface area (Å²) >= 11 is 0. The number of likely N-dealkylation sites (N-methyl/N-ethyl adjacent to an activating group) is 1. The van der Waals surface area contributed by atoms with Crippen LogP contribution in [0.25, 0.3) is 0 Å². The number of carbonyl (C=O) groups is 1. The molecule has 5 nitrogen and oxygen atoms in total. The molecule has 2 N–H and O–H groups in total. The smallest absolute Gasteiger partial charge is 0.353 e. The van der Waals surface area contributed by atoms with Gasteiger partial charge in [0, 0.05) is 32.7 Å². The molecule has 1 rings (SSSR count). The van der Waals surface area contributed by atoms with Crippen LogP contribution in [0.1, 0.15) is 13.8 Å². The molecule has 2 unspecified atom stereocenters. The van der Waals surface area contributed by atoms with E-state index in [1.54, 1.807) is 19.0 Å². The monoisotopic (exact) mass is 324 g/mol. The van der Waals surface area contributed by atoms with Crippen molar-refractivity contribution in [2.75, 3.05) is 46.8 Å². The van der Waals surface area contributed by atoms with Crippen LogP contribution >= 0.6 is 0 Å². The molecule has 0 radical (unpaired) electrons. The van der Waals surface area contributed by atoms with E-state index in [2.05, 4.69) is 10.6 Å². The molecule has 130 valence electrons. The zero-order valence-electron chi connectivity index (χ0n) is 13.7. The van der Waals surface area contributed by atoms with E-state index < -0.39 is 24.8 Å². The van der Waals surface area contributed by atoms with E-state index >= 15 is 0 Å². The van der Waals surface area contributed by atoms with Crippen LogP contribution < -0.4 is 10.6 Å². The van der Waals surface area contributed by atoms with Gasteiger partial charge in [-0.15, -0.1) is 0 Å². The second-order valence-corrected chi connectivity index (χ2v) is 6.24. The van der Waals surface area contributed by atoms with Gasteiger partial charge in [0.2, 0.25) is 5.91 Å². The van der Waals surface area contributed by atoms with Gasteiger partial charge in [0.15, 0.2) is 0 Å². The van der Waals surface area contributed by atoms with E-state index in [1.165, 1.54) is 4.90 Å². The number of piperazine rings is 1. The molecule has 2 atom stereocenters. The lowest BCUT2D eigenvalue weighted by Crippen LogP contribution is -2.59. The first-order valence-corrected chi connectivity index (χ1v) is 7.60. The highest BCUT2D eigenvalue weighted by molar-refractivity contribution is 5.82. The van der Waals surface area contributed by atoms with Crippen molar-refractivity contribution >= 4 is 5.91 Å². The van der Waals surface area contributed by atoms with Gasteiger partial charge in [0.1, 0.15) is 6.04 Å². The third-order valence-corrected chi connectivity index (χ3v) is 3.90. The van der Waals surface area contributed by atoms with Crippen molar-refractivity contribution in [1.82, 2.24) is 20.4 Å². The van der Waals surface area contributed by atoms with Crippen molar-refractivity contribution < 1.29 is 18.0 Å². The summed E-state index contributed by atoms with van der Waals surface area (Å²) in [5.41, 5.74) is 0. The normalized spacial score (nSPS) is 20.2. The van der Waals surface area contributed by atoms with Gasteiger partial charge in [0.25, 0.3) is 0 Å². The molecule has 8 heteroatoms. The van der Waals surface area contributed by atoms with Gasteiger partial charge >= 0.3 is 6.18 Å². The average molecular weight is 324 g/mol. The van der Waals surface area contributed by atoms with E-state index in [0.717, 1.165) is 0 Å². The van der Waals surface area contributed by atoms with Crippen molar-refractivity contribution in [3.63, 3.8) is 0 Å². The Morgan fingerprint density at radius 1 is 1.27 bits per heavy atom. The molecule has 0 aromatic heterocycles. The van der Waals surface area contributed by atoms with Crippen LogP contribution in [0.15, 0.2) is 0 Å². The van der Waals surface area contributed by atoms with Crippen LogP contribution in [0, 0.1) is 5.92 Å². The van der Waals surface area contributed by atoms with Gasteiger partial charge in [0.05, 0.1) is 6.04 Å². The lowest BCUT2D eigenvalue weighted by atomic mass is 10.0. The molecular formula is C14H27F3N4O. The Morgan fingerprint density at radius 2 is 1.82 bits per heavy atom. The molecule has 1 saturated heterocycles. The Balaban J connectivity index is 2.68. The van der Waals surface area contributed by atoms with Gasteiger partial charge in [-0.25, -0.2) is 0 Å². The maximum atomic E-state index is 13.2. The van der Waals surface area contributed by atoms with E-state index in [0.29, 0.717) is 26.2 Å². The van der Waals surface area contributed by atoms with E-state index in [9.17, 15) is 18.0 Å². The third-order valence-electron chi connectivity index (χ3n) is 3.90. The molecule has 0 aromatic rings. The fraction of sp³-hybridized carbons (Fsp3) is 0.929. The Bertz CT molecular complexity index is 346. The van der Waals surface area contributed by atoms with Gasteiger partial charge in [-0.05, 0) is 20.0 Å². The summed E-state index contributed by atoms with van der Waals surface area (Å²) in [6, 6.07) is -2.06. The van der Waals surface area contributed by atoms with Gasteiger partial charge in [-0.1, -0.05) is 13.8 Å². The van der Waals surface area contributed by atoms with Gasteiger partial charge in [-0.2, -0.15) is 13.2 Å². The summed E-state index contributed by atoms with van der Waals surface area (Å²) in [6.07, 6.45) is -4.35. The zero-order valence-corrected chi connectivity index (χ0v) is 13.7. The SMILES string of the molecule is CC(C)C(C(=O)NCC(N1CCNCC1)C(F)(F)F)N(C)C. The number of amides is 1. The molecule has 1 amide bonds. The maximum absolute atomic E-state index is 13.2. The molecule has 1 aliphatic rings. The average Bonchev–Trinajstić information content (AvgIpc) is 2.37. The van der Waals surface area contributed by atoms with Crippen molar-refractivity contribution in [2.45, 2.75) is 32.1 Å². The summed E-state index contributed by atoms with van der Waals surface area (Å²) in [5.74, 6) is -0.331. The number of hydrogen-bond acceptors (Lipinski definition) is 4. The maximum Gasteiger partial charge on any atom is 0.405 e. The van der Waals surface area contributed by atoms with Crippen LogP contribution in [-0.2, 0) is 4.79 Å². The first-order chi connectivity index (χ1) is 10.1. The van der Waals surface area contributed by atoms with Crippen molar-refractivity contribution in [1.29, 1.82) is 0 Å². The van der Waals surface area contributed by atoms with Gasteiger partial charge in [-0.3, -0.25) is 14.6 Å². The second kappa shape index (κ2) is 8.12. The topological polar surface area (TPSA) is 47.6 Å². The van der Waals surface area contributed by atoms with E-state index in [-0.39, 0.29) is 11.8 Å². The number of alkyl halides is 3. The first kappa shape index (κ1) is 19.2. The highest BCUT2D eigenvalue weighted by Gasteiger charge is 2.44. The van der Waals surface area contributed by atoms with Crippen molar-refractivity contribution in [3.8, 4) is 0 Å². The van der Waals surface area contributed by atoms with Gasteiger partial charge < -0.3 is 10.6 Å². The van der Waals surface area contributed by atoms with Crippen LogP contribution in [0.3, 0.4) is 0 Å². The quantitative estimate of drug-likeness (QED) is 0.748. The van der Waals surface area contributed by atoms with Crippen LogP contribution in [0.4, 0.5) is 13.2 Å². The summed E-state index contributed by atoms with van der Waals surface area (Å²) in [6.45, 7) is 5.09. The molecule has 0 aliphatic carbocycles. The highest BCUT2D eigenvalue weighted by Crippen LogP contribution is 2.24. The molecule has 1 aliphatic heterocycles. The predicted molar refractivity (Wildman–Crippen MR) is 79.6 cm³/mol. The third kappa shape index (κ3) is 5.40. The Morgan fingerprint density at radius 3 is 2.23 bits per heavy atom. The van der Waals surface area contributed by atoms with Crippen LogP contribution in [0.5, 0.6) is 0 Å². The van der Waals surface area contributed by atoms with Crippen LogP contribution in [-0.4, -0.2) is 80.8 Å². The molecule has 0 bridgehead atoms. The Labute approximate surface area is 130 Å². The minimum Gasteiger partial charge on any atom is -0.353 e. The molecule has 0 aromatic carbocycles. The summed E-state index contributed by atoms with van der Waals surface area (Å²) in [5, 5.41) is 5.52. The number of nitrogens with zero attached hydrogens (tertiary/aromatic N) is 2. The molecule has 22 heavy (non-hydrogen) atoms. The standard InChI is InChI=1S/C14H27F3N4O/c1-10(2)12(20(3)4)13(22)19-9-11(14(15,16)17)21-7-5-18-6-8-21/h10-12,18H,5-9H2,1-4H3,(H,19,22). The lowest BCUT2D eigenvalue weighted by Gasteiger charge is -2.36. The summed E-state index contributed by atoms with van der Waals surface area (Å²) < 4.78 is 39.7. The van der Waals surface area contributed by atoms with E-state index in [1.807, 2.05) is 13.8 Å². The number of rotatable bonds is 6. The zero-order chi connectivity index (χ0) is 16.9.